The van der Waals surface area contributed by atoms with Crippen LogP contribution in [0.4, 0.5) is 0 Å². The predicted molar refractivity (Wildman–Crippen MR) is 124 cm³/mol. The fourth-order valence-electron chi connectivity index (χ4n) is 3.51. The number of nitrogens with one attached hydrogen (secondary N) is 1. The molecule has 7 nitrogen and oxygen atoms in total. The smallest absolute Gasteiger partial charge is 0.262 e. The van der Waals surface area contributed by atoms with Crippen LogP contribution in [0.1, 0.15) is 11.1 Å². The first-order valence-corrected chi connectivity index (χ1v) is 10.2. The van der Waals surface area contributed by atoms with Crippen molar-refractivity contribution in [1.82, 2.24) is 24.4 Å². The second kappa shape index (κ2) is 8.69. The van der Waals surface area contributed by atoms with Crippen LogP contribution in [0.2, 0.25) is 0 Å². The molecule has 5 rings (SSSR count). The fraction of sp³-hybridized carbons (Fsp3) is 0.0400. The lowest BCUT2D eigenvalue weighted by Gasteiger charge is -2.03. The summed E-state index contributed by atoms with van der Waals surface area (Å²) in [5.74, 6) is -0.263. The summed E-state index contributed by atoms with van der Waals surface area (Å²) in [5.41, 5.74) is 8.12. The van der Waals surface area contributed by atoms with Gasteiger partial charge in [0, 0.05) is 35.8 Å². The first kappa shape index (κ1) is 19.4. The topological polar surface area (TPSA) is 77.6 Å². The summed E-state index contributed by atoms with van der Waals surface area (Å²) in [5, 5.41) is 4.75. The molecule has 0 radical (unpaired) electrons. The molecule has 32 heavy (non-hydrogen) atoms. The molecule has 0 unspecified atom stereocenters. The SMILES string of the molecule is O=C(/C=C/c1cn(Cc2ccccc2)nc1-c1cccnc1)Nn1cnc2ccccc21. The molecule has 7 heteroatoms. The standard InChI is InChI=1S/C25H20N6O/c32-24(28-31-18-27-22-10-4-5-11-23(22)31)13-12-21-17-30(16-19-7-2-1-3-8-19)29-25(21)20-9-6-14-26-15-20/h1-15,17-18H,16H2,(H,28,32)/b13-12+. The molecule has 0 saturated heterocycles. The molecule has 3 heterocycles. The fourth-order valence-corrected chi connectivity index (χ4v) is 3.51. The van der Waals surface area contributed by atoms with Gasteiger partial charge in [-0.3, -0.25) is 19.9 Å². The first-order valence-electron chi connectivity index (χ1n) is 10.2. The maximum absolute atomic E-state index is 12.6. The zero-order valence-corrected chi connectivity index (χ0v) is 17.2. The van der Waals surface area contributed by atoms with Crippen LogP contribution < -0.4 is 5.43 Å². The summed E-state index contributed by atoms with van der Waals surface area (Å²) in [6.07, 6.45) is 10.3. The zero-order chi connectivity index (χ0) is 21.8. The Hall–Kier alpha value is -4.52. The van der Waals surface area contributed by atoms with E-state index in [4.69, 9.17) is 5.10 Å². The molecular weight excluding hydrogens is 400 g/mol. The van der Waals surface area contributed by atoms with E-state index < -0.39 is 0 Å². The van der Waals surface area contributed by atoms with E-state index in [9.17, 15) is 4.79 Å². The van der Waals surface area contributed by atoms with Gasteiger partial charge in [0.25, 0.3) is 5.91 Å². The third-order valence-electron chi connectivity index (χ3n) is 5.01. The third kappa shape index (κ3) is 4.17. The minimum atomic E-state index is -0.263. The van der Waals surface area contributed by atoms with E-state index in [-0.39, 0.29) is 5.91 Å². The molecule has 5 aromatic rings. The normalized spacial score (nSPS) is 11.2. The van der Waals surface area contributed by atoms with Crippen LogP contribution in [-0.2, 0) is 11.3 Å². The Kier molecular flexibility index (Phi) is 5.28. The number of benzene rings is 2. The van der Waals surface area contributed by atoms with E-state index in [0.717, 1.165) is 33.4 Å². The third-order valence-corrected chi connectivity index (χ3v) is 5.01. The maximum Gasteiger partial charge on any atom is 0.262 e. The highest BCUT2D eigenvalue weighted by atomic mass is 16.2. The molecule has 1 amide bonds. The zero-order valence-electron chi connectivity index (χ0n) is 17.2. The molecule has 3 aromatic heterocycles. The van der Waals surface area contributed by atoms with E-state index in [0.29, 0.717) is 6.54 Å². The number of hydrogen-bond acceptors (Lipinski definition) is 4. The average Bonchev–Trinajstić information content (AvgIpc) is 3.43. The predicted octanol–water partition coefficient (Wildman–Crippen LogP) is 4.13. The molecule has 0 aliphatic rings. The number of nitrogens with zero attached hydrogens (tertiary/aromatic N) is 5. The van der Waals surface area contributed by atoms with Gasteiger partial charge in [-0.15, -0.1) is 0 Å². The number of para-hydroxylation sites is 2. The number of amides is 1. The van der Waals surface area contributed by atoms with Crippen molar-refractivity contribution < 1.29 is 4.79 Å². The molecule has 2 aromatic carbocycles. The van der Waals surface area contributed by atoms with Gasteiger partial charge in [0.1, 0.15) is 12.0 Å². The molecular formula is C25H20N6O. The number of carbonyl (C=O) groups excluding carboxylic acids is 1. The van der Waals surface area contributed by atoms with Crippen LogP contribution in [-0.4, -0.2) is 30.3 Å². The molecule has 0 bridgehead atoms. The Bertz CT molecular complexity index is 1390. The Morgan fingerprint density at radius 3 is 2.69 bits per heavy atom. The van der Waals surface area contributed by atoms with E-state index >= 15 is 0 Å². The number of aromatic nitrogens is 5. The Balaban J connectivity index is 1.41. The van der Waals surface area contributed by atoms with Gasteiger partial charge in [-0.2, -0.15) is 5.10 Å². The van der Waals surface area contributed by atoms with Crippen molar-refractivity contribution in [3.63, 3.8) is 0 Å². The summed E-state index contributed by atoms with van der Waals surface area (Å²) < 4.78 is 3.49. The van der Waals surface area contributed by atoms with Crippen LogP contribution in [0.3, 0.4) is 0 Å². The van der Waals surface area contributed by atoms with E-state index in [1.54, 1.807) is 29.5 Å². The second-order valence-corrected chi connectivity index (χ2v) is 7.27. The van der Waals surface area contributed by atoms with Gasteiger partial charge in [0.15, 0.2) is 0 Å². The minimum Gasteiger partial charge on any atom is -0.268 e. The van der Waals surface area contributed by atoms with Gasteiger partial charge in [0.2, 0.25) is 0 Å². The van der Waals surface area contributed by atoms with Crippen molar-refractivity contribution in [2.45, 2.75) is 6.54 Å². The molecule has 1 N–H and O–H groups in total. The van der Waals surface area contributed by atoms with Gasteiger partial charge in [0.05, 0.1) is 17.6 Å². The molecule has 0 aliphatic carbocycles. The quantitative estimate of drug-likeness (QED) is 0.419. The van der Waals surface area contributed by atoms with Crippen molar-refractivity contribution in [1.29, 1.82) is 0 Å². The van der Waals surface area contributed by atoms with Gasteiger partial charge in [-0.1, -0.05) is 42.5 Å². The number of rotatable bonds is 6. The Morgan fingerprint density at radius 1 is 1.00 bits per heavy atom. The van der Waals surface area contributed by atoms with Crippen molar-refractivity contribution in [3.05, 3.63) is 109 Å². The molecule has 0 spiro atoms. The van der Waals surface area contributed by atoms with E-state index in [2.05, 4.69) is 27.5 Å². The van der Waals surface area contributed by atoms with E-state index in [1.165, 1.54) is 6.08 Å². The van der Waals surface area contributed by atoms with Crippen LogP contribution in [0, 0.1) is 0 Å². The van der Waals surface area contributed by atoms with Gasteiger partial charge in [-0.05, 0) is 35.9 Å². The number of imidazole rings is 1. The number of pyridine rings is 1. The molecule has 156 valence electrons. The number of hydrogen-bond donors (Lipinski definition) is 1. The van der Waals surface area contributed by atoms with Gasteiger partial charge in [-0.25, -0.2) is 9.66 Å². The monoisotopic (exact) mass is 420 g/mol. The minimum absolute atomic E-state index is 0.263. The van der Waals surface area contributed by atoms with Crippen molar-refractivity contribution >= 4 is 23.0 Å². The summed E-state index contributed by atoms with van der Waals surface area (Å²) in [6.45, 7) is 0.634. The number of fused-ring (bicyclic) bond motifs is 1. The lowest BCUT2D eigenvalue weighted by molar-refractivity contribution is -0.112. The molecule has 0 aliphatic heterocycles. The van der Waals surface area contributed by atoms with Crippen LogP contribution >= 0.6 is 0 Å². The van der Waals surface area contributed by atoms with Crippen LogP contribution in [0.25, 0.3) is 28.4 Å². The van der Waals surface area contributed by atoms with Crippen LogP contribution in [0.5, 0.6) is 0 Å². The van der Waals surface area contributed by atoms with Gasteiger partial charge < -0.3 is 0 Å². The van der Waals surface area contributed by atoms with Gasteiger partial charge >= 0.3 is 0 Å². The first-order chi connectivity index (χ1) is 15.8. The summed E-state index contributed by atoms with van der Waals surface area (Å²) in [4.78, 5) is 21.1. The molecule has 0 fully saturated rings. The van der Waals surface area contributed by atoms with Crippen molar-refractivity contribution in [3.8, 4) is 11.3 Å². The average molecular weight is 420 g/mol. The highest BCUT2D eigenvalue weighted by Crippen LogP contribution is 2.23. The highest BCUT2D eigenvalue weighted by molar-refractivity contribution is 5.98. The largest absolute Gasteiger partial charge is 0.268 e. The second-order valence-electron chi connectivity index (χ2n) is 7.27. The van der Waals surface area contributed by atoms with E-state index in [1.807, 2.05) is 65.5 Å². The summed E-state index contributed by atoms with van der Waals surface area (Å²) >= 11 is 0. The van der Waals surface area contributed by atoms with Crippen molar-refractivity contribution in [2.75, 3.05) is 5.43 Å². The Labute approximate surface area is 184 Å². The van der Waals surface area contributed by atoms with Crippen LogP contribution in [0.15, 0.2) is 97.7 Å². The lowest BCUT2D eigenvalue weighted by Crippen LogP contribution is -2.19. The number of carbonyl (C=O) groups is 1. The molecule has 0 atom stereocenters. The lowest BCUT2D eigenvalue weighted by atomic mass is 10.1. The summed E-state index contributed by atoms with van der Waals surface area (Å²) in [7, 11) is 0. The molecule has 0 saturated carbocycles. The maximum atomic E-state index is 12.6. The van der Waals surface area contributed by atoms with Crippen molar-refractivity contribution in [2.24, 2.45) is 0 Å². The highest BCUT2D eigenvalue weighted by Gasteiger charge is 2.11. The Morgan fingerprint density at radius 2 is 1.84 bits per heavy atom. The summed E-state index contributed by atoms with van der Waals surface area (Å²) in [6, 6.07) is 21.6.